The first kappa shape index (κ1) is 21.2. The minimum absolute atomic E-state index is 0.0567. The normalized spacial score (nSPS) is 17.0. The number of ketones is 1. The van der Waals surface area contributed by atoms with Crippen LogP contribution in [0.1, 0.15) is 22.4 Å². The van der Waals surface area contributed by atoms with Gasteiger partial charge in [0.05, 0.1) is 18.9 Å². The molecule has 1 atom stereocenters. The molecule has 9 nitrogen and oxygen atoms in total. The first-order valence-corrected chi connectivity index (χ1v) is 10.9. The standard InChI is InChI=1S/C25H16ClNO8/c1-31-19-9-13(26)7-12-8-18(35-24(12)19)22(28)20-21(16-3-2-6-32-16)27(25(30)23(20)29)14-4-5-15-17(10-14)34-11-33-15/h2-10,21,29H,11H2,1H3. The summed E-state index contributed by atoms with van der Waals surface area (Å²) < 4.78 is 27.4. The number of aliphatic hydroxyl groups excluding tert-OH is 1. The zero-order chi connectivity index (χ0) is 24.3. The molecule has 0 fully saturated rings. The molecule has 0 radical (unpaired) electrons. The van der Waals surface area contributed by atoms with E-state index in [1.807, 2.05) is 0 Å². The fourth-order valence-corrected chi connectivity index (χ4v) is 4.55. The van der Waals surface area contributed by atoms with Crippen LogP contribution in [0.25, 0.3) is 11.0 Å². The van der Waals surface area contributed by atoms with E-state index in [2.05, 4.69) is 0 Å². The second kappa shape index (κ2) is 7.85. The highest BCUT2D eigenvalue weighted by Gasteiger charge is 2.47. The maximum absolute atomic E-state index is 13.7. The minimum Gasteiger partial charge on any atom is -0.503 e. The number of aliphatic hydroxyl groups is 1. The molecule has 176 valence electrons. The summed E-state index contributed by atoms with van der Waals surface area (Å²) in [6, 6.07) is 11.7. The molecule has 4 heterocycles. The van der Waals surface area contributed by atoms with Crippen molar-refractivity contribution in [3.8, 4) is 17.2 Å². The molecule has 0 bridgehead atoms. The van der Waals surface area contributed by atoms with Gasteiger partial charge in [-0.15, -0.1) is 0 Å². The molecule has 35 heavy (non-hydrogen) atoms. The van der Waals surface area contributed by atoms with Gasteiger partial charge in [0, 0.05) is 28.2 Å². The first-order valence-electron chi connectivity index (χ1n) is 10.5. The van der Waals surface area contributed by atoms with Gasteiger partial charge in [-0.05, 0) is 36.4 Å². The average Bonchev–Trinajstić information content (AvgIpc) is 3.64. The van der Waals surface area contributed by atoms with E-state index in [4.69, 9.17) is 34.6 Å². The number of hydrogen-bond donors (Lipinski definition) is 1. The molecule has 1 N–H and O–H groups in total. The van der Waals surface area contributed by atoms with Crippen molar-refractivity contribution in [2.24, 2.45) is 0 Å². The van der Waals surface area contributed by atoms with Crippen molar-refractivity contribution in [3.05, 3.63) is 82.7 Å². The van der Waals surface area contributed by atoms with E-state index in [0.717, 1.165) is 0 Å². The molecule has 6 rings (SSSR count). The second-order valence-electron chi connectivity index (χ2n) is 7.86. The molecule has 2 aromatic carbocycles. The number of ether oxygens (including phenoxy) is 3. The maximum atomic E-state index is 13.7. The number of Topliss-reactive ketones (excluding diaryl/α,β-unsaturated/α-hetero) is 1. The van der Waals surface area contributed by atoms with Gasteiger partial charge in [-0.3, -0.25) is 14.5 Å². The summed E-state index contributed by atoms with van der Waals surface area (Å²) in [6.07, 6.45) is 1.42. The lowest BCUT2D eigenvalue weighted by Gasteiger charge is -2.24. The number of carbonyl (C=O) groups excluding carboxylic acids is 2. The van der Waals surface area contributed by atoms with Crippen molar-refractivity contribution < 1.29 is 37.7 Å². The minimum atomic E-state index is -1.05. The van der Waals surface area contributed by atoms with Crippen LogP contribution in [0.5, 0.6) is 17.2 Å². The molecule has 0 saturated carbocycles. The van der Waals surface area contributed by atoms with Gasteiger partial charge in [-0.25, -0.2) is 0 Å². The SMILES string of the molecule is COc1cc(Cl)cc2cc(C(=O)C3=C(O)C(=O)N(c4ccc5c(c4)OCO5)C3c3ccco3)oc12. The van der Waals surface area contributed by atoms with Gasteiger partial charge in [-0.1, -0.05) is 11.6 Å². The Morgan fingerprint density at radius 3 is 2.74 bits per heavy atom. The smallest absolute Gasteiger partial charge is 0.294 e. The lowest BCUT2D eigenvalue weighted by molar-refractivity contribution is -0.117. The van der Waals surface area contributed by atoms with E-state index in [9.17, 15) is 14.7 Å². The first-order chi connectivity index (χ1) is 17.0. The molecular formula is C25H16ClNO8. The molecule has 0 spiro atoms. The summed E-state index contributed by atoms with van der Waals surface area (Å²) in [5.41, 5.74) is 0.506. The molecule has 0 aliphatic carbocycles. The van der Waals surface area contributed by atoms with E-state index < -0.39 is 23.5 Å². The van der Waals surface area contributed by atoms with Crippen LogP contribution in [0.4, 0.5) is 5.69 Å². The van der Waals surface area contributed by atoms with Crippen LogP contribution in [0.2, 0.25) is 5.02 Å². The number of hydrogen-bond acceptors (Lipinski definition) is 8. The van der Waals surface area contributed by atoms with Crippen LogP contribution in [0.15, 0.2) is 75.0 Å². The van der Waals surface area contributed by atoms with Crippen LogP contribution in [-0.2, 0) is 4.79 Å². The van der Waals surface area contributed by atoms with E-state index in [1.54, 1.807) is 42.5 Å². The Morgan fingerprint density at radius 1 is 1.14 bits per heavy atom. The third-order valence-corrected chi connectivity index (χ3v) is 6.11. The second-order valence-corrected chi connectivity index (χ2v) is 8.30. The number of halogens is 1. The van der Waals surface area contributed by atoms with Gasteiger partial charge in [0.2, 0.25) is 12.6 Å². The summed E-state index contributed by atoms with van der Waals surface area (Å²) in [5, 5.41) is 11.8. The van der Waals surface area contributed by atoms with Gasteiger partial charge in [0.15, 0.2) is 34.4 Å². The van der Waals surface area contributed by atoms with E-state index >= 15 is 0 Å². The topological polar surface area (TPSA) is 112 Å². The van der Waals surface area contributed by atoms with Gasteiger partial charge in [0.1, 0.15) is 11.8 Å². The van der Waals surface area contributed by atoms with Crippen molar-refractivity contribution >= 4 is 39.9 Å². The number of amides is 1. The monoisotopic (exact) mass is 493 g/mol. The number of benzene rings is 2. The molecule has 2 aliphatic rings. The number of fused-ring (bicyclic) bond motifs is 2. The van der Waals surface area contributed by atoms with E-state index in [-0.39, 0.29) is 23.9 Å². The molecule has 10 heteroatoms. The van der Waals surface area contributed by atoms with Gasteiger partial charge in [-0.2, -0.15) is 0 Å². The molecule has 2 aromatic heterocycles. The zero-order valence-corrected chi connectivity index (χ0v) is 18.9. The van der Waals surface area contributed by atoms with Crippen molar-refractivity contribution in [2.45, 2.75) is 6.04 Å². The summed E-state index contributed by atoms with van der Waals surface area (Å²) in [5.74, 6) is -0.678. The predicted molar refractivity (Wildman–Crippen MR) is 123 cm³/mol. The van der Waals surface area contributed by atoms with Crippen molar-refractivity contribution in [2.75, 3.05) is 18.8 Å². The number of methoxy groups -OCH3 is 1. The summed E-state index contributed by atoms with van der Waals surface area (Å²) in [4.78, 5) is 28.2. The molecule has 0 saturated heterocycles. The maximum Gasteiger partial charge on any atom is 0.294 e. The molecule has 2 aliphatic heterocycles. The highest BCUT2D eigenvalue weighted by Crippen LogP contribution is 2.45. The summed E-state index contributed by atoms with van der Waals surface area (Å²) >= 11 is 6.14. The van der Waals surface area contributed by atoms with Crippen LogP contribution < -0.4 is 19.1 Å². The Hall–Kier alpha value is -4.37. The number of anilines is 1. The van der Waals surface area contributed by atoms with Crippen LogP contribution >= 0.6 is 11.6 Å². The summed E-state index contributed by atoms with van der Waals surface area (Å²) in [6.45, 7) is 0.0567. The number of nitrogens with zero attached hydrogens (tertiary/aromatic N) is 1. The zero-order valence-electron chi connectivity index (χ0n) is 18.1. The largest absolute Gasteiger partial charge is 0.503 e. The summed E-state index contributed by atoms with van der Waals surface area (Å²) in [7, 11) is 1.45. The molecule has 4 aromatic rings. The molecule has 1 amide bonds. The fourth-order valence-electron chi connectivity index (χ4n) is 4.34. The van der Waals surface area contributed by atoms with Gasteiger partial charge < -0.3 is 28.2 Å². The van der Waals surface area contributed by atoms with Crippen LogP contribution in [-0.4, -0.2) is 30.7 Å². The lowest BCUT2D eigenvalue weighted by Crippen LogP contribution is -2.30. The number of carbonyl (C=O) groups is 2. The fraction of sp³-hybridized carbons (Fsp3) is 0.120. The van der Waals surface area contributed by atoms with Gasteiger partial charge in [0.25, 0.3) is 5.91 Å². The van der Waals surface area contributed by atoms with E-state index in [1.165, 1.54) is 24.3 Å². The van der Waals surface area contributed by atoms with E-state index in [0.29, 0.717) is 38.9 Å². The van der Waals surface area contributed by atoms with Crippen LogP contribution in [0.3, 0.4) is 0 Å². The highest BCUT2D eigenvalue weighted by molar-refractivity contribution is 6.31. The molecule has 1 unspecified atom stereocenters. The number of furan rings is 2. The third-order valence-electron chi connectivity index (χ3n) is 5.89. The third kappa shape index (κ3) is 3.23. The van der Waals surface area contributed by atoms with Crippen molar-refractivity contribution in [3.63, 3.8) is 0 Å². The quantitative estimate of drug-likeness (QED) is 0.378. The predicted octanol–water partition coefficient (Wildman–Crippen LogP) is 5.20. The Labute approximate surface area is 202 Å². The Bertz CT molecular complexity index is 1530. The number of rotatable bonds is 5. The van der Waals surface area contributed by atoms with Crippen molar-refractivity contribution in [1.29, 1.82) is 0 Å². The molecular weight excluding hydrogens is 478 g/mol. The Morgan fingerprint density at radius 2 is 1.97 bits per heavy atom. The highest BCUT2D eigenvalue weighted by atomic mass is 35.5. The van der Waals surface area contributed by atoms with Crippen molar-refractivity contribution in [1.82, 2.24) is 0 Å². The van der Waals surface area contributed by atoms with Gasteiger partial charge >= 0.3 is 0 Å². The Kier molecular flexibility index (Phi) is 4.75. The lowest BCUT2D eigenvalue weighted by atomic mass is 9.99. The Balaban J connectivity index is 1.47. The average molecular weight is 494 g/mol. The van der Waals surface area contributed by atoms with Crippen LogP contribution in [0, 0.1) is 0 Å².